The molecule has 0 fully saturated rings. The highest BCUT2D eigenvalue weighted by Crippen LogP contribution is 2.32. The molecule has 6 heteroatoms. The van der Waals surface area contributed by atoms with Crippen molar-refractivity contribution < 1.29 is 5.11 Å². The Morgan fingerprint density at radius 1 is 1.45 bits per heavy atom. The van der Waals surface area contributed by atoms with Crippen LogP contribution in [0.4, 0.5) is 0 Å². The van der Waals surface area contributed by atoms with Crippen molar-refractivity contribution in [3.63, 3.8) is 0 Å². The molecule has 0 aliphatic rings. The van der Waals surface area contributed by atoms with Crippen LogP contribution in [0.2, 0.25) is 10.2 Å². The van der Waals surface area contributed by atoms with Crippen molar-refractivity contribution in [1.82, 2.24) is 4.98 Å². The van der Waals surface area contributed by atoms with E-state index in [9.17, 15) is 4.79 Å². The smallest absolute Gasteiger partial charge is 0.267 e. The maximum atomic E-state index is 10.8. The number of aromatic hydroxyl groups is 1. The highest BCUT2D eigenvalue weighted by Gasteiger charge is 2.11. The van der Waals surface area contributed by atoms with Crippen molar-refractivity contribution in [2.24, 2.45) is 0 Å². The molecule has 1 aromatic heterocycles. The Labute approximate surface area is 80.1 Å². The van der Waals surface area contributed by atoms with Crippen LogP contribution in [0, 0.1) is 0 Å². The zero-order valence-corrected chi connectivity index (χ0v) is 8.09. The Bertz CT molecular complexity index is 349. The fourth-order valence-corrected chi connectivity index (χ4v) is 1.25. The Morgan fingerprint density at radius 3 is 2.55 bits per heavy atom. The molecule has 0 unspecified atom stereocenters. The van der Waals surface area contributed by atoms with Crippen molar-refractivity contribution in [3.8, 4) is 5.75 Å². The molecule has 0 aromatic carbocycles. The van der Waals surface area contributed by atoms with Gasteiger partial charge in [0, 0.05) is 0 Å². The van der Waals surface area contributed by atoms with E-state index in [0.29, 0.717) is 0 Å². The van der Waals surface area contributed by atoms with Crippen molar-refractivity contribution in [3.05, 3.63) is 25.0 Å². The van der Waals surface area contributed by atoms with Crippen molar-refractivity contribution in [1.29, 1.82) is 0 Å². The van der Waals surface area contributed by atoms with Crippen LogP contribution in [0.3, 0.4) is 0 Å². The van der Waals surface area contributed by atoms with Crippen molar-refractivity contribution >= 4 is 39.1 Å². The Kier molecular flexibility index (Phi) is 2.47. The molecular weight excluding hydrogens is 257 g/mol. The molecule has 0 aliphatic heterocycles. The maximum absolute atomic E-state index is 10.8. The minimum atomic E-state index is -0.517. The average Bonchev–Trinajstić information content (AvgIpc) is 1.97. The van der Waals surface area contributed by atoms with E-state index >= 15 is 0 Å². The van der Waals surface area contributed by atoms with E-state index < -0.39 is 5.56 Å². The molecule has 0 radical (unpaired) electrons. The van der Waals surface area contributed by atoms with Gasteiger partial charge < -0.3 is 10.1 Å². The first kappa shape index (κ1) is 8.90. The molecule has 11 heavy (non-hydrogen) atoms. The van der Waals surface area contributed by atoms with Crippen LogP contribution < -0.4 is 5.56 Å². The summed E-state index contributed by atoms with van der Waals surface area (Å²) < 4.78 is -0.0214. The summed E-state index contributed by atoms with van der Waals surface area (Å²) in [5.74, 6) is -0.347. The number of aromatic nitrogens is 1. The molecule has 2 N–H and O–H groups in total. The summed E-state index contributed by atoms with van der Waals surface area (Å²) in [7, 11) is 0. The summed E-state index contributed by atoms with van der Waals surface area (Å²) in [6.07, 6.45) is 0. The molecular formula is C5H2BrCl2NO2. The average molecular weight is 259 g/mol. The molecule has 3 nitrogen and oxygen atoms in total. The van der Waals surface area contributed by atoms with Gasteiger partial charge in [-0.2, -0.15) is 0 Å². The number of aromatic amines is 1. The van der Waals surface area contributed by atoms with E-state index in [2.05, 4.69) is 20.9 Å². The van der Waals surface area contributed by atoms with Gasteiger partial charge in [0.2, 0.25) is 0 Å². The number of hydrogen-bond acceptors (Lipinski definition) is 2. The minimum Gasteiger partial charge on any atom is -0.505 e. The standard InChI is InChI=1S/C5H2BrCl2NO2/c6-1-3(10)2(7)4(8)9-5(1)11/h(H2,9,10,11). The van der Waals surface area contributed by atoms with Crippen LogP contribution in [0.1, 0.15) is 0 Å². The van der Waals surface area contributed by atoms with Crippen LogP contribution in [-0.4, -0.2) is 10.1 Å². The van der Waals surface area contributed by atoms with E-state index in [1.165, 1.54) is 0 Å². The molecule has 60 valence electrons. The monoisotopic (exact) mass is 257 g/mol. The first-order valence-electron chi connectivity index (χ1n) is 2.49. The predicted octanol–water partition coefficient (Wildman–Crippen LogP) is 2.15. The summed E-state index contributed by atoms with van der Waals surface area (Å²) in [6.45, 7) is 0. The minimum absolute atomic E-state index is 0.0214. The van der Waals surface area contributed by atoms with E-state index in [0.717, 1.165) is 0 Å². The molecule has 1 heterocycles. The molecule has 1 rings (SSSR count). The van der Waals surface area contributed by atoms with Crippen LogP contribution in [0.5, 0.6) is 5.75 Å². The number of halogens is 3. The van der Waals surface area contributed by atoms with Gasteiger partial charge >= 0.3 is 0 Å². The quantitative estimate of drug-likeness (QED) is 0.701. The molecule has 0 aliphatic carbocycles. The SMILES string of the molecule is O=c1[nH]c(Cl)c(Cl)c(O)c1Br. The van der Waals surface area contributed by atoms with Crippen LogP contribution in [-0.2, 0) is 0 Å². The van der Waals surface area contributed by atoms with Gasteiger partial charge in [-0.15, -0.1) is 0 Å². The van der Waals surface area contributed by atoms with Crippen LogP contribution in [0.15, 0.2) is 9.27 Å². The first-order valence-corrected chi connectivity index (χ1v) is 4.04. The lowest BCUT2D eigenvalue weighted by molar-refractivity contribution is 0.470. The number of hydrogen-bond donors (Lipinski definition) is 2. The second kappa shape index (κ2) is 3.05. The predicted molar refractivity (Wildman–Crippen MR) is 46.4 cm³/mol. The summed E-state index contributed by atoms with van der Waals surface area (Å²) in [6, 6.07) is 0. The van der Waals surface area contributed by atoms with Gasteiger partial charge in [0.05, 0.1) is 0 Å². The van der Waals surface area contributed by atoms with E-state index in [-0.39, 0.29) is 20.4 Å². The fourth-order valence-electron chi connectivity index (χ4n) is 0.517. The summed E-state index contributed by atoms with van der Waals surface area (Å²) in [5, 5.41) is 8.94. The first-order chi connectivity index (χ1) is 5.04. The lowest BCUT2D eigenvalue weighted by atomic mass is 10.4. The van der Waals surface area contributed by atoms with Gasteiger partial charge in [-0.1, -0.05) is 23.2 Å². The number of pyridine rings is 1. The summed E-state index contributed by atoms with van der Waals surface area (Å²) in [5.41, 5.74) is -0.517. The van der Waals surface area contributed by atoms with Crippen molar-refractivity contribution in [2.75, 3.05) is 0 Å². The van der Waals surface area contributed by atoms with Crippen LogP contribution in [0.25, 0.3) is 0 Å². The fraction of sp³-hybridized carbons (Fsp3) is 0. The number of nitrogens with one attached hydrogen (secondary N) is 1. The highest BCUT2D eigenvalue weighted by molar-refractivity contribution is 9.10. The van der Waals surface area contributed by atoms with Gasteiger partial charge in [0.15, 0.2) is 5.75 Å². The topological polar surface area (TPSA) is 53.1 Å². The molecule has 0 saturated heterocycles. The Hall–Kier alpha value is -0.190. The largest absolute Gasteiger partial charge is 0.505 e. The van der Waals surface area contributed by atoms with E-state index in [1.54, 1.807) is 0 Å². The summed E-state index contributed by atoms with van der Waals surface area (Å²) >= 11 is 13.7. The number of H-pyrrole nitrogens is 1. The molecule has 0 amide bonds. The van der Waals surface area contributed by atoms with Gasteiger partial charge in [-0.3, -0.25) is 4.79 Å². The zero-order valence-electron chi connectivity index (χ0n) is 4.99. The van der Waals surface area contributed by atoms with E-state index in [4.69, 9.17) is 28.3 Å². The summed E-state index contributed by atoms with van der Waals surface area (Å²) in [4.78, 5) is 13.0. The second-order valence-corrected chi connectivity index (χ2v) is 3.29. The van der Waals surface area contributed by atoms with Gasteiger partial charge in [-0.05, 0) is 15.9 Å². The third-order valence-corrected chi connectivity index (χ3v) is 2.52. The molecule has 0 atom stereocenters. The Balaban J connectivity index is 3.59. The molecule has 0 bridgehead atoms. The molecule has 0 saturated carbocycles. The second-order valence-electron chi connectivity index (χ2n) is 1.74. The zero-order chi connectivity index (χ0) is 8.59. The molecule has 0 spiro atoms. The lowest BCUT2D eigenvalue weighted by Crippen LogP contribution is -2.06. The number of rotatable bonds is 0. The lowest BCUT2D eigenvalue weighted by Gasteiger charge is -1.99. The van der Waals surface area contributed by atoms with E-state index in [1.807, 2.05) is 0 Å². The third kappa shape index (κ3) is 1.52. The normalized spacial score (nSPS) is 10.1. The third-order valence-electron chi connectivity index (χ3n) is 1.03. The van der Waals surface area contributed by atoms with Gasteiger partial charge in [-0.25, -0.2) is 0 Å². The van der Waals surface area contributed by atoms with Crippen molar-refractivity contribution in [2.45, 2.75) is 0 Å². The van der Waals surface area contributed by atoms with Gasteiger partial charge in [0.25, 0.3) is 5.56 Å². The molecule has 1 aromatic rings. The van der Waals surface area contributed by atoms with Crippen LogP contribution >= 0.6 is 39.1 Å². The van der Waals surface area contributed by atoms with Gasteiger partial charge in [0.1, 0.15) is 14.6 Å². The maximum Gasteiger partial charge on any atom is 0.267 e. The highest BCUT2D eigenvalue weighted by atomic mass is 79.9. The Morgan fingerprint density at radius 2 is 2.00 bits per heavy atom.